The van der Waals surface area contributed by atoms with Gasteiger partial charge in [0.25, 0.3) is 0 Å². The number of thioether (sulfide) groups is 1. The number of anilines is 1. The highest BCUT2D eigenvalue weighted by atomic mass is 32.2. The van der Waals surface area contributed by atoms with E-state index in [2.05, 4.69) is 16.7 Å². The first-order valence-electron chi connectivity index (χ1n) is 8.44. The van der Waals surface area contributed by atoms with Crippen molar-refractivity contribution in [1.82, 2.24) is 5.32 Å². The van der Waals surface area contributed by atoms with Gasteiger partial charge in [0.2, 0.25) is 11.8 Å². The molecule has 4 N–H and O–H groups in total. The van der Waals surface area contributed by atoms with Crippen LogP contribution in [0, 0.1) is 11.3 Å². The van der Waals surface area contributed by atoms with Crippen molar-refractivity contribution in [3.8, 4) is 6.07 Å². The lowest BCUT2D eigenvalue weighted by Crippen LogP contribution is -2.31. The number of benzene rings is 1. The van der Waals surface area contributed by atoms with Crippen LogP contribution in [0.2, 0.25) is 0 Å². The van der Waals surface area contributed by atoms with E-state index in [1.165, 1.54) is 23.1 Å². The summed E-state index contributed by atoms with van der Waals surface area (Å²) in [7, 11) is 0. The molecule has 0 fully saturated rings. The fraction of sp³-hybridized carbons (Fsp3) is 0.150. The molecule has 2 amide bonds. The zero-order chi connectivity index (χ0) is 20.1. The van der Waals surface area contributed by atoms with Crippen molar-refractivity contribution in [3.63, 3.8) is 0 Å². The van der Waals surface area contributed by atoms with Crippen molar-refractivity contribution in [2.45, 2.75) is 12.8 Å². The van der Waals surface area contributed by atoms with Crippen molar-refractivity contribution in [3.05, 3.63) is 74.6 Å². The second-order valence-corrected chi connectivity index (χ2v) is 8.00. The first-order valence-corrected chi connectivity index (χ1v) is 10.3. The van der Waals surface area contributed by atoms with Gasteiger partial charge in [-0.15, -0.1) is 11.3 Å². The van der Waals surface area contributed by atoms with Crippen molar-refractivity contribution in [1.29, 1.82) is 5.26 Å². The molecule has 0 saturated heterocycles. The molecule has 1 aromatic carbocycles. The molecule has 2 heterocycles. The molecule has 1 aliphatic rings. The maximum Gasteiger partial charge on any atom is 0.247 e. The van der Waals surface area contributed by atoms with Gasteiger partial charge in [-0.3, -0.25) is 9.59 Å². The normalized spacial score (nSPS) is 16.4. The molecule has 1 aliphatic heterocycles. The molecule has 28 heavy (non-hydrogen) atoms. The number of dihydropyridines is 1. The maximum absolute atomic E-state index is 12.3. The molecular weight excluding hydrogens is 392 g/mol. The number of hydrogen-bond donors (Lipinski definition) is 3. The van der Waals surface area contributed by atoms with Gasteiger partial charge < -0.3 is 16.4 Å². The number of amides is 2. The molecule has 1 atom stereocenters. The number of carbonyl (C=O) groups is 2. The Labute approximate surface area is 171 Å². The Morgan fingerprint density at radius 1 is 1.29 bits per heavy atom. The van der Waals surface area contributed by atoms with E-state index >= 15 is 0 Å². The summed E-state index contributed by atoms with van der Waals surface area (Å²) in [6.45, 7) is 1.75. The number of nitrogens with two attached hydrogens (primary N) is 1. The fourth-order valence-corrected chi connectivity index (χ4v) is 4.68. The number of allylic oxidation sites excluding steroid dienone is 2. The molecule has 1 unspecified atom stereocenters. The number of nitrogens with zero attached hydrogens (tertiary/aromatic N) is 1. The monoisotopic (exact) mass is 410 g/mol. The number of primary amides is 1. The molecule has 8 heteroatoms. The number of rotatable bonds is 6. The minimum atomic E-state index is -0.568. The zero-order valence-corrected chi connectivity index (χ0v) is 16.7. The second-order valence-electron chi connectivity index (χ2n) is 6.03. The Bertz CT molecular complexity index is 989. The summed E-state index contributed by atoms with van der Waals surface area (Å²) >= 11 is 2.68. The van der Waals surface area contributed by atoms with Gasteiger partial charge in [0.15, 0.2) is 0 Å². The summed E-state index contributed by atoms with van der Waals surface area (Å²) in [5.74, 6) is -1.15. The molecule has 0 radical (unpaired) electrons. The van der Waals surface area contributed by atoms with E-state index in [1.807, 2.05) is 35.7 Å². The second kappa shape index (κ2) is 8.78. The van der Waals surface area contributed by atoms with E-state index in [9.17, 15) is 14.9 Å². The summed E-state index contributed by atoms with van der Waals surface area (Å²) in [5.41, 5.74) is 7.65. The SMILES string of the molecule is CC1=C(C(N)=O)C(c2cccs2)C(C#N)=C(SCC(=O)Nc2ccccc2)N1. The highest BCUT2D eigenvalue weighted by molar-refractivity contribution is 8.03. The van der Waals surface area contributed by atoms with Crippen LogP contribution >= 0.6 is 23.1 Å². The lowest BCUT2D eigenvalue weighted by molar-refractivity contribution is -0.115. The van der Waals surface area contributed by atoms with Crippen LogP contribution in [0.3, 0.4) is 0 Å². The van der Waals surface area contributed by atoms with Gasteiger partial charge >= 0.3 is 0 Å². The quantitative estimate of drug-likeness (QED) is 0.677. The van der Waals surface area contributed by atoms with Crippen LogP contribution in [-0.2, 0) is 9.59 Å². The summed E-state index contributed by atoms with van der Waals surface area (Å²) in [6.07, 6.45) is 0. The number of para-hydroxylation sites is 1. The van der Waals surface area contributed by atoms with Crippen LogP contribution in [0.25, 0.3) is 0 Å². The Morgan fingerprint density at radius 3 is 2.64 bits per heavy atom. The molecular formula is C20H18N4O2S2. The number of hydrogen-bond acceptors (Lipinski definition) is 6. The van der Waals surface area contributed by atoms with Gasteiger partial charge in [0, 0.05) is 21.8 Å². The molecule has 0 spiro atoms. The predicted octanol–water partition coefficient (Wildman–Crippen LogP) is 3.30. The number of nitriles is 1. The standard InChI is InChI=1S/C20H18N4O2S2/c1-12-17(19(22)26)18(15-8-5-9-27-15)14(10-21)20(23-12)28-11-16(25)24-13-6-3-2-4-7-13/h2-9,18,23H,11H2,1H3,(H2,22,26)(H,24,25). The van der Waals surface area contributed by atoms with Gasteiger partial charge in [0.05, 0.1) is 28.3 Å². The van der Waals surface area contributed by atoms with Crippen LogP contribution in [0.4, 0.5) is 5.69 Å². The average Bonchev–Trinajstić information content (AvgIpc) is 3.20. The van der Waals surface area contributed by atoms with Crippen molar-refractivity contribution >= 4 is 40.6 Å². The number of nitrogens with one attached hydrogen (secondary N) is 2. The summed E-state index contributed by atoms with van der Waals surface area (Å²) in [5, 5.41) is 18.1. The Hall–Kier alpha value is -3.02. The molecule has 0 saturated carbocycles. The summed E-state index contributed by atoms with van der Waals surface area (Å²) in [4.78, 5) is 25.2. The molecule has 2 aromatic rings. The third kappa shape index (κ3) is 4.27. The Morgan fingerprint density at radius 2 is 2.04 bits per heavy atom. The van der Waals surface area contributed by atoms with Gasteiger partial charge in [-0.2, -0.15) is 5.26 Å². The highest BCUT2D eigenvalue weighted by Crippen LogP contribution is 2.41. The number of carbonyl (C=O) groups excluding carboxylic acids is 2. The molecule has 142 valence electrons. The van der Waals surface area contributed by atoms with E-state index in [-0.39, 0.29) is 11.7 Å². The van der Waals surface area contributed by atoms with Gasteiger partial charge in [-0.05, 0) is 30.5 Å². The Kier molecular flexibility index (Phi) is 6.19. The van der Waals surface area contributed by atoms with Crippen LogP contribution in [0.1, 0.15) is 17.7 Å². The van der Waals surface area contributed by atoms with E-state index in [0.717, 1.165) is 4.88 Å². The molecule has 6 nitrogen and oxygen atoms in total. The summed E-state index contributed by atoms with van der Waals surface area (Å²) in [6, 6.07) is 15.1. The van der Waals surface area contributed by atoms with Crippen LogP contribution in [-0.4, -0.2) is 17.6 Å². The van der Waals surface area contributed by atoms with E-state index in [0.29, 0.717) is 27.6 Å². The van der Waals surface area contributed by atoms with Crippen LogP contribution in [0.5, 0.6) is 0 Å². The first-order chi connectivity index (χ1) is 13.5. The third-order valence-electron chi connectivity index (χ3n) is 4.15. The minimum Gasteiger partial charge on any atom is -0.366 e. The minimum absolute atomic E-state index is 0.124. The van der Waals surface area contributed by atoms with Gasteiger partial charge in [-0.25, -0.2) is 0 Å². The molecule has 1 aromatic heterocycles. The van der Waals surface area contributed by atoms with Gasteiger partial charge in [-0.1, -0.05) is 36.0 Å². The van der Waals surface area contributed by atoms with Crippen LogP contribution in [0.15, 0.2) is 69.7 Å². The van der Waals surface area contributed by atoms with E-state index in [1.54, 1.807) is 19.1 Å². The smallest absolute Gasteiger partial charge is 0.247 e. The van der Waals surface area contributed by atoms with E-state index in [4.69, 9.17) is 5.73 Å². The third-order valence-corrected chi connectivity index (χ3v) is 6.10. The Balaban J connectivity index is 1.83. The van der Waals surface area contributed by atoms with Crippen molar-refractivity contribution in [2.75, 3.05) is 11.1 Å². The van der Waals surface area contributed by atoms with Crippen molar-refractivity contribution in [2.24, 2.45) is 5.73 Å². The maximum atomic E-state index is 12.3. The van der Waals surface area contributed by atoms with Gasteiger partial charge in [0.1, 0.15) is 0 Å². The molecule has 0 bridgehead atoms. The lowest BCUT2D eigenvalue weighted by atomic mass is 9.86. The largest absolute Gasteiger partial charge is 0.366 e. The van der Waals surface area contributed by atoms with E-state index < -0.39 is 11.8 Å². The summed E-state index contributed by atoms with van der Waals surface area (Å²) < 4.78 is 0. The lowest BCUT2D eigenvalue weighted by Gasteiger charge is -2.28. The predicted molar refractivity (Wildman–Crippen MR) is 112 cm³/mol. The number of thiophene rings is 1. The first kappa shape index (κ1) is 19.7. The van der Waals surface area contributed by atoms with Crippen LogP contribution < -0.4 is 16.4 Å². The average molecular weight is 411 g/mol. The molecule has 3 rings (SSSR count). The molecule has 0 aliphatic carbocycles. The van der Waals surface area contributed by atoms with Crippen molar-refractivity contribution < 1.29 is 9.59 Å². The topological polar surface area (TPSA) is 108 Å². The fourth-order valence-electron chi connectivity index (χ4n) is 2.95. The zero-order valence-electron chi connectivity index (χ0n) is 15.1. The highest BCUT2D eigenvalue weighted by Gasteiger charge is 2.34.